The molecular weight excluding hydrogens is 558 g/mol. The largest absolute Gasteiger partial charge is 0.456 e. The highest BCUT2D eigenvalue weighted by Gasteiger charge is 2.24. The zero-order valence-electron chi connectivity index (χ0n) is 24.9. The highest BCUT2D eigenvalue weighted by molar-refractivity contribution is 6.13. The third kappa shape index (κ3) is 3.84. The molecule has 0 unspecified atom stereocenters. The van der Waals surface area contributed by atoms with Crippen LogP contribution in [0.15, 0.2) is 168 Å². The molecule has 9 aromatic rings. The van der Waals surface area contributed by atoms with Gasteiger partial charge in [-0.2, -0.15) is 0 Å². The number of hydrogen-bond donors (Lipinski definition) is 0. The predicted octanol–water partition coefficient (Wildman–Crippen LogP) is 12.7. The van der Waals surface area contributed by atoms with E-state index in [-0.39, 0.29) is 0 Å². The summed E-state index contributed by atoms with van der Waals surface area (Å²) in [6.45, 7) is 0. The Labute approximate surface area is 266 Å². The smallest absolute Gasteiger partial charge is 0.135 e. The number of rotatable bonds is 4. The van der Waals surface area contributed by atoms with Crippen LogP contribution in [0.2, 0.25) is 0 Å². The van der Waals surface area contributed by atoms with Gasteiger partial charge in [-0.3, -0.25) is 0 Å². The minimum absolute atomic E-state index is 0.901. The summed E-state index contributed by atoms with van der Waals surface area (Å²) in [4.78, 5) is 2.34. The highest BCUT2D eigenvalue weighted by atomic mass is 16.3. The van der Waals surface area contributed by atoms with E-state index < -0.39 is 0 Å². The molecule has 0 saturated heterocycles. The van der Waals surface area contributed by atoms with E-state index in [0.29, 0.717) is 0 Å². The van der Waals surface area contributed by atoms with E-state index in [1.807, 2.05) is 12.1 Å². The number of furan rings is 1. The Kier molecular flexibility index (Phi) is 5.31. The third-order valence-electron chi connectivity index (χ3n) is 9.52. The lowest BCUT2D eigenvalue weighted by molar-refractivity contribution is 0.669. The fourth-order valence-electron chi connectivity index (χ4n) is 7.24. The summed E-state index contributed by atoms with van der Waals surface area (Å²) in [5.41, 5.74) is 13.0. The van der Waals surface area contributed by atoms with Crippen LogP contribution in [0.3, 0.4) is 0 Å². The van der Waals surface area contributed by atoms with Crippen LogP contribution < -0.4 is 4.90 Å². The molecule has 0 amide bonds. The van der Waals surface area contributed by atoms with E-state index in [0.717, 1.165) is 39.0 Å². The molecule has 10 rings (SSSR count). The Morgan fingerprint density at radius 3 is 1.65 bits per heavy atom. The number of nitrogens with zero attached hydrogens (tertiary/aromatic N) is 1. The second-order valence-electron chi connectivity index (χ2n) is 12.2. The molecule has 2 heteroatoms. The standard InChI is InChI=1S/C44H27NO/c1-3-9-28(10-4-1)29-15-16-30-23-38-40(25-32(30)21-29)39-24-31-17-18-35(22-33(31)26-41(38)39)45(34-11-5-2-6-12-34)36-19-20-44-42(27-36)37-13-7-8-14-43(37)46-44/h1-27H. The normalized spacial score (nSPS) is 11.9. The second-order valence-corrected chi connectivity index (χ2v) is 12.2. The van der Waals surface area contributed by atoms with Crippen LogP contribution in [0.4, 0.5) is 17.1 Å². The molecule has 8 aromatic carbocycles. The van der Waals surface area contributed by atoms with Crippen molar-refractivity contribution in [2.24, 2.45) is 0 Å². The van der Waals surface area contributed by atoms with Crippen molar-refractivity contribution in [1.82, 2.24) is 0 Å². The summed E-state index contributed by atoms with van der Waals surface area (Å²) in [7, 11) is 0. The van der Waals surface area contributed by atoms with Crippen molar-refractivity contribution in [3.63, 3.8) is 0 Å². The number of anilines is 3. The minimum atomic E-state index is 0.901. The van der Waals surface area contributed by atoms with Crippen molar-refractivity contribution in [1.29, 1.82) is 0 Å². The van der Waals surface area contributed by atoms with Gasteiger partial charge in [-0.05, 0) is 134 Å². The van der Waals surface area contributed by atoms with Crippen LogP contribution in [-0.4, -0.2) is 0 Å². The van der Waals surface area contributed by atoms with Crippen molar-refractivity contribution in [3.05, 3.63) is 164 Å². The first kappa shape index (κ1) is 25.2. The van der Waals surface area contributed by atoms with Crippen LogP contribution in [0.5, 0.6) is 0 Å². The van der Waals surface area contributed by atoms with Crippen molar-refractivity contribution in [2.45, 2.75) is 0 Å². The third-order valence-corrected chi connectivity index (χ3v) is 9.52. The number of fused-ring (bicyclic) bond motifs is 9. The van der Waals surface area contributed by atoms with Crippen molar-refractivity contribution in [3.8, 4) is 33.4 Å². The van der Waals surface area contributed by atoms with E-state index >= 15 is 0 Å². The van der Waals surface area contributed by atoms with Crippen LogP contribution in [-0.2, 0) is 0 Å². The lowest BCUT2D eigenvalue weighted by atomic mass is 9.77. The Bertz CT molecular complexity index is 2630. The van der Waals surface area contributed by atoms with Gasteiger partial charge in [0.2, 0.25) is 0 Å². The quantitative estimate of drug-likeness (QED) is 0.204. The lowest BCUT2D eigenvalue weighted by Gasteiger charge is -2.28. The van der Waals surface area contributed by atoms with Gasteiger partial charge >= 0.3 is 0 Å². The minimum Gasteiger partial charge on any atom is -0.456 e. The summed E-state index contributed by atoms with van der Waals surface area (Å²) < 4.78 is 6.15. The number of hydrogen-bond acceptors (Lipinski definition) is 2. The van der Waals surface area contributed by atoms with Gasteiger partial charge in [0, 0.05) is 27.8 Å². The highest BCUT2D eigenvalue weighted by Crippen LogP contribution is 2.51. The van der Waals surface area contributed by atoms with E-state index in [1.165, 1.54) is 54.9 Å². The number of benzene rings is 8. The molecule has 0 saturated carbocycles. The summed E-state index contributed by atoms with van der Waals surface area (Å²) in [5.74, 6) is 0. The molecule has 0 N–H and O–H groups in total. The summed E-state index contributed by atoms with van der Waals surface area (Å²) >= 11 is 0. The lowest BCUT2D eigenvalue weighted by Crippen LogP contribution is -2.09. The van der Waals surface area contributed by atoms with Gasteiger partial charge in [-0.25, -0.2) is 0 Å². The molecule has 0 bridgehead atoms. The zero-order valence-corrected chi connectivity index (χ0v) is 24.9. The molecule has 214 valence electrons. The molecule has 0 fully saturated rings. The molecule has 46 heavy (non-hydrogen) atoms. The monoisotopic (exact) mass is 585 g/mol. The maximum absolute atomic E-state index is 6.15. The molecule has 0 atom stereocenters. The molecule has 1 heterocycles. The fourth-order valence-corrected chi connectivity index (χ4v) is 7.24. The summed E-state index contributed by atoms with van der Waals surface area (Å²) in [6.07, 6.45) is 0. The van der Waals surface area contributed by atoms with E-state index in [2.05, 4.69) is 157 Å². The SMILES string of the molecule is c1ccc(-c2ccc3cc4c(cc3c2)-c2cc3ccc(N(c5ccccc5)c5ccc6oc7ccccc7c6c5)cc3cc2-4)cc1. The molecule has 0 aliphatic heterocycles. The number of para-hydroxylation sites is 2. The van der Waals surface area contributed by atoms with Gasteiger partial charge in [0.1, 0.15) is 11.2 Å². The van der Waals surface area contributed by atoms with Crippen LogP contribution in [0, 0.1) is 0 Å². The van der Waals surface area contributed by atoms with Gasteiger partial charge in [0.15, 0.2) is 0 Å². The molecule has 1 aromatic heterocycles. The van der Waals surface area contributed by atoms with Crippen LogP contribution in [0.25, 0.3) is 76.9 Å². The first-order chi connectivity index (χ1) is 22.8. The van der Waals surface area contributed by atoms with Gasteiger partial charge in [0.05, 0.1) is 0 Å². The summed E-state index contributed by atoms with van der Waals surface area (Å²) in [6, 6.07) is 59.1. The van der Waals surface area contributed by atoms with Gasteiger partial charge in [0.25, 0.3) is 0 Å². The Hall–Kier alpha value is -6.12. The van der Waals surface area contributed by atoms with Gasteiger partial charge in [-0.15, -0.1) is 0 Å². The van der Waals surface area contributed by atoms with E-state index in [4.69, 9.17) is 4.42 Å². The zero-order chi connectivity index (χ0) is 30.2. The van der Waals surface area contributed by atoms with Crippen LogP contribution >= 0.6 is 0 Å². The Balaban J connectivity index is 1.08. The first-order valence-electron chi connectivity index (χ1n) is 15.8. The molecule has 1 aliphatic carbocycles. The summed E-state index contributed by atoms with van der Waals surface area (Å²) in [5, 5.41) is 7.29. The van der Waals surface area contributed by atoms with Gasteiger partial charge in [-0.1, -0.05) is 84.9 Å². The van der Waals surface area contributed by atoms with Crippen molar-refractivity contribution < 1.29 is 4.42 Å². The Morgan fingerprint density at radius 2 is 0.891 bits per heavy atom. The maximum Gasteiger partial charge on any atom is 0.135 e. The molecule has 0 spiro atoms. The van der Waals surface area contributed by atoms with Gasteiger partial charge < -0.3 is 9.32 Å². The molecular formula is C44H27NO. The second kappa shape index (κ2) is 9.69. The topological polar surface area (TPSA) is 16.4 Å². The average molecular weight is 586 g/mol. The van der Waals surface area contributed by atoms with Crippen molar-refractivity contribution in [2.75, 3.05) is 4.90 Å². The molecule has 2 nitrogen and oxygen atoms in total. The molecule has 1 aliphatic rings. The fraction of sp³-hybridized carbons (Fsp3) is 0. The van der Waals surface area contributed by atoms with E-state index in [1.54, 1.807) is 0 Å². The Morgan fingerprint density at radius 1 is 0.326 bits per heavy atom. The van der Waals surface area contributed by atoms with Crippen LogP contribution in [0.1, 0.15) is 0 Å². The average Bonchev–Trinajstić information content (AvgIpc) is 3.49. The first-order valence-corrected chi connectivity index (χ1v) is 15.8. The van der Waals surface area contributed by atoms with E-state index in [9.17, 15) is 0 Å². The molecule has 0 radical (unpaired) electrons. The predicted molar refractivity (Wildman–Crippen MR) is 193 cm³/mol. The van der Waals surface area contributed by atoms with Crippen molar-refractivity contribution >= 4 is 60.5 Å². The maximum atomic E-state index is 6.15.